The number of hydrogen-bond acceptors (Lipinski definition) is 7. The first-order valence-corrected chi connectivity index (χ1v) is 9.19. The Morgan fingerprint density at radius 2 is 2.04 bits per heavy atom. The molecule has 2 aromatic heterocycles. The second kappa shape index (κ2) is 7.86. The molecule has 2 aromatic rings. The summed E-state index contributed by atoms with van der Waals surface area (Å²) in [5, 5.41) is 10.5. The minimum atomic E-state index is -0.458. The van der Waals surface area contributed by atoms with Crippen LogP contribution in [0, 0.1) is 23.1 Å². The van der Waals surface area contributed by atoms with Gasteiger partial charge in [0.1, 0.15) is 12.4 Å². The Bertz CT molecular complexity index is 909. The largest absolute Gasteiger partial charge is 0.354 e. The predicted molar refractivity (Wildman–Crippen MR) is 96.0 cm³/mol. The molecule has 144 valence electrons. The van der Waals surface area contributed by atoms with Crippen LogP contribution in [0.15, 0.2) is 31.0 Å². The van der Waals surface area contributed by atoms with E-state index in [1.807, 2.05) is 4.90 Å². The zero-order chi connectivity index (χ0) is 19.5. The van der Waals surface area contributed by atoms with E-state index in [2.05, 4.69) is 21.0 Å². The number of anilines is 1. The number of nitrogens with zero attached hydrogens (tertiary/aromatic N) is 6. The van der Waals surface area contributed by atoms with Crippen molar-refractivity contribution in [2.24, 2.45) is 5.92 Å². The van der Waals surface area contributed by atoms with Gasteiger partial charge in [-0.05, 0) is 24.5 Å². The molecule has 2 fully saturated rings. The zero-order valence-corrected chi connectivity index (χ0v) is 15.2. The predicted octanol–water partition coefficient (Wildman–Crippen LogP) is 2.00. The lowest BCUT2D eigenvalue weighted by molar-refractivity contribution is -0.182. The van der Waals surface area contributed by atoms with Crippen molar-refractivity contribution >= 4 is 11.7 Å². The quantitative estimate of drug-likeness (QED) is 0.801. The third-order valence-electron chi connectivity index (χ3n) is 5.19. The average molecular weight is 382 g/mol. The number of carbonyl (C=O) groups is 1. The highest BCUT2D eigenvalue weighted by Gasteiger charge is 2.37. The summed E-state index contributed by atoms with van der Waals surface area (Å²) in [6, 6.07) is 3.57. The smallest absolute Gasteiger partial charge is 0.249 e. The minimum absolute atomic E-state index is 0.0762. The van der Waals surface area contributed by atoms with Crippen LogP contribution in [0.5, 0.6) is 0 Å². The molecule has 2 aliphatic rings. The fourth-order valence-corrected chi connectivity index (χ4v) is 3.75. The zero-order valence-electron chi connectivity index (χ0n) is 15.2. The number of hydroxylamine groups is 2. The maximum atomic E-state index is 13.9. The molecule has 0 aromatic carbocycles. The average Bonchev–Trinajstić information content (AvgIpc) is 3.24. The van der Waals surface area contributed by atoms with Crippen LogP contribution in [0.4, 0.5) is 10.2 Å². The van der Waals surface area contributed by atoms with Gasteiger partial charge in [0.25, 0.3) is 0 Å². The molecule has 4 rings (SSSR count). The Kier molecular flexibility index (Phi) is 5.12. The maximum absolute atomic E-state index is 13.9. The first-order chi connectivity index (χ1) is 13.7. The van der Waals surface area contributed by atoms with Crippen molar-refractivity contribution in [3.63, 3.8) is 0 Å². The van der Waals surface area contributed by atoms with E-state index in [-0.39, 0.29) is 23.7 Å². The van der Waals surface area contributed by atoms with Gasteiger partial charge >= 0.3 is 0 Å². The molecular weight excluding hydrogens is 363 g/mol. The molecule has 0 saturated carbocycles. The monoisotopic (exact) mass is 382 g/mol. The van der Waals surface area contributed by atoms with Gasteiger partial charge in [-0.25, -0.2) is 19.4 Å². The van der Waals surface area contributed by atoms with Crippen LogP contribution in [0.2, 0.25) is 0 Å². The Morgan fingerprint density at radius 1 is 1.21 bits per heavy atom. The van der Waals surface area contributed by atoms with E-state index in [0.29, 0.717) is 44.5 Å². The lowest BCUT2D eigenvalue weighted by atomic mass is 9.94. The van der Waals surface area contributed by atoms with Crippen molar-refractivity contribution in [3.8, 4) is 6.07 Å². The van der Waals surface area contributed by atoms with Gasteiger partial charge in [-0.3, -0.25) is 14.6 Å². The van der Waals surface area contributed by atoms with E-state index in [1.54, 1.807) is 12.3 Å². The lowest BCUT2D eigenvalue weighted by Crippen LogP contribution is -2.42. The molecule has 1 atom stereocenters. The van der Waals surface area contributed by atoms with Crippen LogP contribution in [-0.2, 0) is 9.63 Å². The fourth-order valence-electron chi connectivity index (χ4n) is 3.75. The molecule has 28 heavy (non-hydrogen) atoms. The van der Waals surface area contributed by atoms with Crippen molar-refractivity contribution in [2.75, 3.05) is 24.6 Å². The molecule has 0 unspecified atom stereocenters. The molecule has 4 heterocycles. The van der Waals surface area contributed by atoms with Crippen molar-refractivity contribution in [1.29, 1.82) is 5.26 Å². The lowest BCUT2D eigenvalue weighted by Gasteiger charge is -2.34. The fraction of sp³-hybridized carbons (Fsp3) is 0.421. The standard InChI is InChI=1S/C19H19FN6O2/c20-16-11-23-12-24-18(16)25-4-1-14(2-5-25)19(27)26-17(3-6-28-26)15-7-13(8-21)9-22-10-15/h7,9-12,14,17H,1-6H2/t17-/m0/s1. The van der Waals surface area contributed by atoms with Crippen LogP contribution < -0.4 is 4.90 Å². The summed E-state index contributed by atoms with van der Waals surface area (Å²) in [5.74, 6) is -0.461. The summed E-state index contributed by atoms with van der Waals surface area (Å²) in [7, 11) is 0. The Balaban J connectivity index is 1.43. The SMILES string of the molecule is N#Cc1cncc([C@@H]2CCON2C(=O)C2CCN(c3ncncc3F)CC2)c1. The molecule has 1 amide bonds. The number of aromatic nitrogens is 3. The molecule has 0 spiro atoms. The number of rotatable bonds is 3. The Morgan fingerprint density at radius 3 is 2.79 bits per heavy atom. The number of hydrogen-bond donors (Lipinski definition) is 0. The van der Waals surface area contributed by atoms with Gasteiger partial charge in [-0.15, -0.1) is 0 Å². The van der Waals surface area contributed by atoms with E-state index in [9.17, 15) is 9.18 Å². The third kappa shape index (κ3) is 3.51. The van der Waals surface area contributed by atoms with Gasteiger partial charge in [-0.2, -0.15) is 5.26 Å². The van der Waals surface area contributed by atoms with Crippen molar-refractivity contribution in [1.82, 2.24) is 20.0 Å². The molecule has 0 bridgehead atoms. The summed E-state index contributed by atoms with van der Waals surface area (Å²) in [6.45, 7) is 1.51. The van der Waals surface area contributed by atoms with Gasteiger partial charge in [0.05, 0.1) is 24.4 Å². The number of halogens is 1. The molecule has 2 aliphatic heterocycles. The van der Waals surface area contributed by atoms with Crippen LogP contribution in [0.3, 0.4) is 0 Å². The molecule has 0 radical (unpaired) electrons. The van der Waals surface area contributed by atoms with Crippen LogP contribution in [-0.4, -0.2) is 45.6 Å². The maximum Gasteiger partial charge on any atom is 0.249 e. The van der Waals surface area contributed by atoms with Crippen molar-refractivity contribution in [3.05, 3.63) is 47.9 Å². The van der Waals surface area contributed by atoms with Crippen LogP contribution >= 0.6 is 0 Å². The minimum Gasteiger partial charge on any atom is -0.354 e. The Hall–Kier alpha value is -3.12. The second-order valence-electron chi connectivity index (χ2n) is 6.88. The summed E-state index contributed by atoms with van der Waals surface area (Å²) in [6.07, 6.45) is 7.46. The van der Waals surface area contributed by atoms with Gasteiger partial charge in [0, 0.05) is 37.8 Å². The molecule has 8 nitrogen and oxygen atoms in total. The van der Waals surface area contributed by atoms with Gasteiger partial charge < -0.3 is 4.90 Å². The van der Waals surface area contributed by atoms with Crippen LogP contribution in [0.25, 0.3) is 0 Å². The number of pyridine rings is 1. The third-order valence-corrected chi connectivity index (χ3v) is 5.19. The van der Waals surface area contributed by atoms with E-state index >= 15 is 0 Å². The highest BCUT2D eigenvalue weighted by atomic mass is 19.1. The summed E-state index contributed by atoms with van der Waals surface area (Å²) in [5.41, 5.74) is 1.25. The summed E-state index contributed by atoms with van der Waals surface area (Å²) in [4.78, 5) is 32.3. The van der Waals surface area contributed by atoms with Crippen molar-refractivity contribution < 1.29 is 14.0 Å². The number of nitriles is 1. The van der Waals surface area contributed by atoms with E-state index in [1.165, 1.54) is 17.6 Å². The molecule has 0 aliphatic carbocycles. The highest BCUT2D eigenvalue weighted by Crippen LogP contribution is 2.34. The van der Waals surface area contributed by atoms with Gasteiger partial charge in [0.15, 0.2) is 11.6 Å². The first kappa shape index (κ1) is 18.3. The topological polar surface area (TPSA) is 95.2 Å². The number of piperidine rings is 1. The summed E-state index contributed by atoms with van der Waals surface area (Å²) >= 11 is 0. The first-order valence-electron chi connectivity index (χ1n) is 9.19. The second-order valence-corrected chi connectivity index (χ2v) is 6.88. The molecule has 0 N–H and O–H groups in total. The van der Waals surface area contributed by atoms with Gasteiger partial charge in [-0.1, -0.05) is 0 Å². The summed E-state index contributed by atoms with van der Waals surface area (Å²) < 4.78 is 13.9. The molecule has 9 heteroatoms. The van der Waals surface area contributed by atoms with E-state index < -0.39 is 5.82 Å². The van der Waals surface area contributed by atoms with Crippen LogP contribution in [0.1, 0.15) is 36.4 Å². The molecular formula is C19H19FN6O2. The van der Waals surface area contributed by atoms with E-state index in [4.69, 9.17) is 10.1 Å². The normalized spacial score (nSPS) is 20.2. The number of amides is 1. The van der Waals surface area contributed by atoms with E-state index in [0.717, 1.165) is 11.8 Å². The highest BCUT2D eigenvalue weighted by molar-refractivity contribution is 5.79. The number of carbonyl (C=O) groups excluding carboxylic acids is 1. The Labute approximate surface area is 161 Å². The van der Waals surface area contributed by atoms with Gasteiger partial charge in [0.2, 0.25) is 5.91 Å². The molecule has 2 saturated heterocycles. The van der Waals surface area contributed by atoms with Crippen molar-refractivity contribution in [2.45, 2.75) is 25.3 Å².